The molecule has 1 saturated heterocycles. The molecule has 0 spiro atoms. The van der Waals surface area contributed by atoms with Crippen LogP contribution in [-0.2, 0) is 14.8 Å². The zero-order valence-electron chi connectivity index (χ0n) is 17.1. The summed E-state index contributed by atoms with van der Waals surface area (Å²) in [4.78, 5) is 15.6. The van der Waals surface area contributed by atoms with Crippen molar-refractivity contribution >= 4 is 57.8 Å². The maximum atomic E-state index is 12.3. The number of ether oxygens (including phenoxy) is 1. The van der Waals surface area contributed by atoms with E-state index in [-0.39, 0.29) is 29.7 Å². The fourth-order valence-corrected chi connectivity index (χ4v) is 4.76. The third-order valence-electron chi connectivity index (χ3n) is 3.55. The lowest BCUT2D eigenvalue weighted by atomic mass is 10.2. The molecule has 0 aromatic heterocycles. The largest absolute Gasteiger partial charge is 0.444 e. The van der Waals surface area contributed by atoms with Gasteiger partial charge in [-0.3, -0.25) is 4.99 Å². The van der Waals surface area contributed by atoms with Crippen molar-refractivity contribution < 1.29 is 17.9 Å². The van der Waals surface area contributed by atoms with E-state index in [0.29, 0.717) is 45.1 Å². The van der Waals surface area contributed by atoms with Crippen molar-refractivity contribution in [2.45, 2.75) is 32.8 Å². The molecule has 3 N–H and O–H groups in total. The highest BCUT2D eigenvalue weighted by Crippen LogP contribution is 2.12. The van der Waals surface area contributed by atoms with E-state index in [2.05, 4.69) is 20.9 Å². The van der Waals surface area contributed by atoms with Crippen molar-refractivity contribution in [3.05, 3.63) is 0 Å². The molecule has 1 rings (SSSR count). The van der Waals surface area contributed by atoms with Crippen LogP contribution in [0.4, 0.5) is 4.79 Å². The van der Waals surface area contributed by atoms with Gasteiger partial charge in [0, 0.05) is 51.3 Å². The third kappa shape index (κ3) is 12.2. The Morgan fingerprint density at radius 1 is 1.11 bits per heavy atom. The smallest absolute Gasteiger partial charge is 0.407 e. The van der Waals surface area contributed by atoms with Crippen LogP contribution in [0.1, 0.15) is 27.2 Å². The number of hydrogen-bond donors (Lipinski definition) is 3. The average Bonchev–Trinajstić information content (AvgIpc) is 2.59. The Bertz CT molecular complexity index is 590. The molecule has 0 aromatic carbocycles. The van der Waals surface area contributed by atoms with Gasteiger partial charge in [-0.05, 0) is 27.2 Å². The quantitative estimate of drug-likeness (QED) is 0.179. The standard InChI is InChI=1S/C16H33N5O4S2.HI/c1-16(2,3)25-15(22)20-7-5-6-18-14(17-4)19-8-13-27(23,24)21-9-11-26-12-10-21;/h5-13H2,1-4H3,(H,20,22)(H2,17,18,19);1H. The van der Waals surface area contributed by atoms with Crippen LogP contribution in [-0.4, -0.2) is 87.4 Å². The summed E-state index contributed by atoms with van der Waals surface area (Å²) < 4.78 is 31.3. The molecular formula is C16H34IN5O4S2. The van der Waals surface area contributed by atoms with Crippen molar-refractivity contribution in [1.82, 2.24) is 20.3 Å². The number of hydrogen-bond acceptors (Lipinski definition) is 6. The van der Waals surface area contributed by atoms with E-state index >= 15 is 0 Å². The van der Waals surface area contributed by atoms with Crippen molar-refractivity contribution in [2.24, 2.45) is 4.99 Å². The van der Waals surface area contributed by atoms with E-state index in [4.69, 9.17) is 4.74 Å². The molecule has 0 radical (unpaired) electrons. The van der Waals surface area contributed by atoms with Crippen molar-refractivity contribution in [2.75, 3.05) is 57.0 Å². The summed E-state index contributed by atoms with van der Waals surface area (Å²) in [5, 5.41) is 8.79. The SMILES string of the molecule is CN=C(NCCCNC(=O)OC(C)(C)C)NCCS(=O)(=O)N1CCSCC1.I. The van der Waals surface area contributed by atoms with Gasteiger partial charge in [-0.1, -0.05) is 0 Å². The van der Waals surface area contributed by atoms with Crippen LogP contribution in [0.3, 0.4) is 0 Å². The minimum Gasteiger partial charge on any atom is -0.444 e. The molecule has 1 aliphatic heterocycles. The fourth-order valence-electron chi connectivity index (χ4n) is 2.27. The highest BCUT2D eigenvalue weighted by atomic mass is 127. The highest BCUT2D eigenvalue weighted by Gasteiger charge is 2.23. The predicted octanol–water partition coefficient (Wildman–Crippen LogP) is 1.06. The molecule has 0 aromatic rings. The van der Waals surface area contributed by atoms with Crippen molar-refractivity contribution in [1.29, 1.82) is 0 Å². The lowest BCUT2D eigenvalue weighted by molar-refractivity contribution is 0.0527. The van der Waals surface area contributed by atoms with Gasteiger partial charge < -0.3 is 20.7 Å². The maximum absolute atomic E-state index is 12.3. The second kappa shape index (κ2) is 13.7. The summed E-state index contributed by atoms with van der Waals surface area (Å²) >= 11 is 1.78. The molecular weight excluding hydrogens is 517 g/mol. The van der Waals surface area contributed by atoms with E-state index in [1.807, 2.05) is 20.8 Å². The van der Waals surface area contributed by atoms with Gasteiger partial charge in [-0.2, -0.15) is 11.8 Å². The van der Waals surface area contributed by atoms with Gasteiger partial charge in [-0.25, -0.2) is 17.5 Å². The van der Waals surface area contributed by atoms with Gasteiger partial charge in [0.2, 0.25) is 10.0 Å². The second-order valence-electron chi connectivity index (χ2n) is 7.04. The molecule has 166 valence electrons. The summed E-state index contributed by atoms with van der Waals surface area (Å²) in [6.45, 7) is 7.97. The van der Waals surface area contributed by atoms with Crippen molar-refractivity contribution in [3.63, 3.8) is 0 Å². The van der Waals surface area contributed by atoms with Gasteiger partial charge in [0.15, 0.2) is 5.96 Å². The molecule has 1 fully saturated rings. The van der Waals surface area contributed by atoms with Crippen LogP contribution in [0.15, 0.2) is 4.99 Å². The molecule has 0 unspecified atom stereocenters. The number of nitrogens with one attached hydrogen (secondary N) is 3. The number of carbonyl (C=O) groups is 1. The number of amides is 1. The number of guanidine groups is 1. The number of thioether (sulfide) groups is 1. The summed E-state index contributed by atoms with van der Waals surface area (Å²) in [5.41, 5.74) is -0.512. The number of aliphatic imine (C=N–C) groups is 1. The highest BCUT2D eigenvalue weighted by molar-refractivity contribution is 14.0. The molecule has 1 amide bonds. The van der Waals surface area contributed by atoms with Crippen molar-refractivity contribution in [3.8, 4) is 0 Å². The number of rotatable bonds is 8. The predicted molar refractivity (Wildman–Crippen MR) is 126 cm³/mol. The van der Waals surface area contributed by atoms with Gasteiger partial charge in [0.25, 0.3) is 0 Å². The molecule has 9 nitrogen and oxygen atoms in total. The molecule has 0 atom stereocenters. The number of halogens is 1. The van der Waals surface area contributed by atoms with Gasteiger partial charge >= 0.3 is 6.09 Å². The average molecular weight is 552 g/mol. The number of carbonyl (C=O) groups excluding carboxylic acids is 1. The molecule has 0 saturated carbocycles. The number of nitrogens with zero attached hydrogens (tertiary/aromatic N) is 2. The first-order valence-electron chi connectivity index (χ1n) is 9.11. The summed E-state index contributed by atoms with van der Waals surface area (Å²) in [5.74, 6) is 2.29. The van der Waals surface area contributed by atoms with Gasteiger partial charge in [-0.15, -0.1) is 24.0 Å². The lowest BCUT2D eigenvalue weighted by Gasteiger charge is -2.25. The van der Waals surface area contributed by atoms with Gasteiger partial charge in [0.1, 0.15) is 5.60 Å². The van der Waals surface area contributed by atoms with E-state index in [1.54, 1.807) is 23.1 Å². The Hall–Kier alpha value is -0.470. The zero-order valence-corrected chi connectivity index (χ0v) is 21.1. The van der Waals surface area contributed by atoms with Crippen LogP contribution in [0, 0.1) is 0 Å². The topological polar surface area (TPSA) is 112 Å². The minimum atomic E-state index is -3.23. The van der Waals surface area contributed by atoms with Crippen LogP contribution < -0.4 is 16.0 Å². The Morgan fingerprint density at radius 3 is 2.25 bits per heavy atom. The summed E-state index contributed by atoms with van der Waals surface area (Å²) in [6, 6.07) is 0. The van der Waals surface area contributed by atoms with Crippen LogP contribution in [0.5, 0.6) is 0 Å². The Labute approximate surface area is 190 Å². The molecule has 0 bridgehead atoms. The first-order valence-corrected chi connectivity index (χ1v) is 11.9. The molecule has 12 heteroatoms. The normalized spacial score (nSPS) is 16.1. The molecule has 1 heterocycles. The van der Waals surface area contributed by atoms with E-state index in [9.17, 15) is 13.2 Å². The zero-order chi connectivity index (χ0) is 20.3. The van der Waals surface area contributed by atoms with Gasteiger partial charge in [0.05, 0.1) is 5.75 Å². The van der Waals surface area contributed by atoms with Crippen LogP contribution in [0.25, 0.3) is 0 Å². The second-order valence-corrected chi connectivity index (χ2v) is 10.3. The van der Waals surface area contributed by atoms with E-state index < -0.39 is 21.7 Å². The first kappa shape index (κ1) is 27.5. The van der Waals surface area contributed by atoms with E-state index in [1.165, 1.54) is 0 Å². The van der Waals surface area contributed by atoms with E-state index in [0.717, 1.165) is 11.5 Å². The minimum absolute atomic E-state index is 0. The monoisotopic (exact) mass is 551 g/mol. The van der Waals surface area contributed by atoms with Crippen LogP contribution in [0.2, 0.25) is 0 Å². The maximum Gasteiger partial charge on any atom is 0.407 e. The fraction of sp³-hybridized carbons (Fsp3) is 0.875. The summed E-state index contributed by atoms with van der Waals surface area (Å²) in [6.07, 6.45) is 0.246. The Kier molecular flexibility index (Phi) is 13.5. The molecule has 1 aliphatic rings. The summed E-state index contributed by atoms with van der Waals surface area (Å²) in [7, 11) is -1.60. The Morgan fingerprint density at radius 2 is 1.68 bits per heavy atom. The third-order valence-corrected chi connectivity index (χ3v) is 6.37. The molecule has 28 heavy (non-hydrogen) atoms. The lowest BCUT2D eigenvalue weighted by Crippen LogP contribution is -2.44. The number of alkyl carbamates (subject to hydrolysis) is 1. The van der Waals surface area contributed by atoms with Crippen LogP contribution >= 0.6 is 35.7 Å². The molecule has 0 aliphatic carbocycles. The first-order chi connectivity index (χ1) is 12.6. The Balaban J connectivity index is 0.00000729. The number of sulfonamides is 1.